The maximum absolute atomic E-state index is 10.9. The van der Waals surface area contributed by atoms with Gasteiger partial charge in [0.1, 0.15) is 25.0 Å². The van der Waals surface area contributed by atoms with Crippen molar-refractivity contribution in [3.05, 3.63) is 46.0 Å². The van der Waals surface area contributed by atoms with E-state index in [-0.39, 0.29) is 5.69 Å². The molecule has 100 valence electrons. The fourth-order valence-electron chi connectivity index (χ4n) is 1.83. The standard InChI is InChI=1S/C12H14N4O3/c1-9-3-4-11(16(17)18)10(2)12(9)19-6-5-15-8-13-7-14-15/h3-4,7-8H,5-6H2,1-2H3. The number of aryl methyl sites for hydroxylation is 1. The van der Waals surface area contributed by atoms with E-state index in [0.29, 0.717) is 24.5 Å². The van der Waals surface area contributed by atoms with Crippen LogP contribution < -0.4 is 4.74 Å². The smallest absolute Gasteiger partial charge is 0.276 e. The van der Waals surface area contributed by atoms with Crippen LogP contribution in [0.15, 0.2) is 24.8 Å². The first-order valence-corrected chi connectivity index (χ1v) is 5.79. The molecule has 0 N–H and O–H groups in total. The molecule has 2 rings (SSSR count). The summed E-state index contributed by atoms with van der Waals surface area (Å²) in [5, 5.41) is 14.8. The molecule has 0 spiro atoms. The highest BCUT2D eigenvalue weighted by Gasteiger charge is 2.16. The summed E-state index contributed by atoms with van der Waals surface area (Å²) in [6.45, 7) is 4.48. The minimum Gasteiger partial charge on any atom is -0.491 e. The SMILES string of the molecule is Cc1ccc([N+](=O)[O-])c(C)c1OCCn1cncn1. The Morgan fingerprint density at radius 2 is 2.21 bits per heavy atom. The first-order valence-electron chi connectivity index (χ1n) is 5.79. The number of nitro benzene ring substituents is 1. The lowest BCUT2D eigenvalue weighted by atomic mass is 10.1. The predicted octanol–water partition coefficient (Wildman–Crippen LogP) is 1.88. The van der Waals surface area contributed by atoms with Crippen LogP contribution in [0.2, 0.25) is 0 Å². The Morgan fingerprint density at radius 1 is 1.42 bits per heavy atom. The van der Waals surface area contributed by atoms with E-state index in [1.54, 1.807) is 24.0 Å². The summed E-state index contributed by atoms with van der Waals surface area (Å²) in [6, 6.07) is 3.19. The Morgan fingerprint density at radius 3 is 2.84 bits per heavy atom. The van der Waals surface area contributed by atoms with Gasteiger partial charge in [-0.1, -0.05) is 0 Å². The van der Waals surface area contributed by atoms with Crippen LogP contribution in [0.5, 0.6) is 5.75 Å². The summed E-state index contributed by atoms with van der Waals surface area (Å²) in [5.74, 6) is 0.564. The lowest BCUT2D eigenvalue weighted by molar-refractivity contribution is -0.385. The van der Waals surface area contributed by atoms with Crippen molar-refractivity contribution in [1.82, 2.24) is 14.8 Å². The van der Waals surface area contributed by atoms with Crippen LogP contribution in [0, 0.1) is 24.0 Å². The molecule has 0 saturated carbocycles. The molecule has 19 heavy (non-hydrogen) atoms. The average molecular weight is 262 g/mol. The fraction of sp³-hybridized carbons (Fsp3) is 0.333. The van der Waals surface area contributed by atoms with Crippen molar-refractivity contribution < 1.29 is 9.66 Å². The molecule has 7 heteroatoms. The minimum atomic E-state index is -0.404. The Bertz CT molecular complexity index is 581. The summed E-state index contributed by atoms with van der Waals surface area (Å²) >= 11 is 0. The Kier molecular flexibility index (Phi) is 3.74. The Labute approximate surface area is 110 Å². The lowest BCUT2D eigenvalue weighted by Crippen LogP contribution is -2.10. The highest BCUT2D eigenvalue weighted by molar-refractivity contribution is 5.52. The second-order valence-corrected chi connectivity index (χ2v) is 4.12. The van der Waals surface area contributed by atoms with Gasteiger partial charge in [-0.05, 0) is 25.5 Å². The van der Waals surface area contributed by atoms with E-state index >= 15 is 0 Å². The van der Waals surface area contributed by atoms with E-state index < -0.39 is 4.92 Å². The van der Waals surface area contributed by atoms with Crippen LogP contribution in [-0.4, -0.2) is 26.3 Å². The highest BCUT2D eigenvalue weighted by Crippen LogP contribution is 2.30. The molecular weight excluding hydrogens is 248 g/mol. The van der Waals surface area contributed by atoms with Crippen LogP contribution >= 0.6 is 0 Å². The van der Waals surface area contributed by atoms with Crippen molar-refractivity contribution in [2.24, 2.45) is 0 Å². The highest BCUT2D eigenvalue weighted by atomic mass is 16.6. The first kappa shape index (κ1) is 13.0. The molecule has 2 aromatic rings. The van der Waals surface area contributed by atoms with Crippen molar-refractivity contribution in [1.29, 1.82) is 0 Å². The zero-order valence-electron chi connectivity index (χ0n) is 10.7. The van der Waals surface area contributed by atoms with Gasteiger partial charge in [0, 0.05) is 6.07 Å². The number of hydrogen-bond donors (Lipinski definition) is 0. The maximum Gasteiger partial charge on any atom is 0.276 e. The molecule has 1 aromatic carbocycles. The third-order valence-electron chi connectivity index (χ3n) is 2.80. The first-order chi connectivity index (χ1) is 9.09. The van der Waals surface area contributed by atoms with E-state index in [1.807, 2.05) is 6.92 Å². The van der Waals surface area contributed by atoms with Crippen molar-refractivity contribution in [3.8, 4) is 5.75 Å². The molecule has 0 aliphatic carbocycles. The quantitative estimate of drug-likeness (QED) is 0.606. The summed E-state index contributed by atoms with van der Waals surface area (Å²) in [5.41, 5.74) is 1.49. The molecule has 0 bridgehead atoms. The molecule has 0 fully saturated rings. The fourth-order valence-corrected chi connectivity index (χ4v) is 1.83. The molecule has 7 nitrogen and oxygen atoms in total. The molecule has 0 amide bonds. The number of rotatable bonds is 5. The molecule has 0 atom stereocenters. The van der Waals surface area contributed by atoms with Gasteiger partial charge in [0.05, 0.1) is 17.0 Å². The van der Waals surface area contributed by atoms with Gasteiger partial charge in [-0.15, -0.1) is 0 Å². The van der Waals surface area contributed by atoms with E-state index in [4.69, 9.17) is 4.74 Å². The normalized spacial score (nSPS) is 10.4. The molecule has 0 unspecified atom stereocenters. The van der Waals surface area contributed by atoms with Crippen LogP contribution in [0.4, 0.5) is 5.69 Å². The van der Waals surface area contributed by atoms with Gasteiger partial charge in [0.2, 0.25) is 0 Å². The Hall–Kier alpha value is -2.44. The van der Waals surface area contributed by atoms with Crippen molar-refractivity contribution >= 4 is 5.69 Å². The lowest BCUT2D eigenvalue weighted by Gasteiger charge is -2.12. The van der Waals surface area contributed by atoms with Gasteiger partial charge >= 0.3 is 0 Å². The molecule has 0 radical (unpaired) electrons. The number of ether oxygens (including phenoxy) is 1. The molecule has 0 aliphatic heterocycles. The van der Waals surface area contributed by atoms with E-state index in [0.717, 1.165) is 5.56 Å². The monoisotopic (exact) mass is 262 g/mol. The number of hydrogen-bond acceptors (Lipinski definition) is 5. The summed E-state index contributed by atoms with van der Waals surface area (Å²) in [4.78, 5) is 14.3. The van der Waals surface area contributed by atoms with Crippen LogP contribution in [0.25, 0.3) is 0 Å². The van der Waals surface area contributed by atoms with Gasteiger partial charge in [-0.25, -0.2) is 9.67 Å². The average Bonchev–Trinajstić information content (AvgIpc) is 2.86. The largest absolute Gasteiger partial charge is 0.491 e. The van der Waals surface area contributed by atoms with Gasteiger partial charge in [-0.2, -0.15) is 5.10 Å². The van der Waals surface area contributed by atoms with E-state index in [9.17, 15) is 10.1 Å². The molecule has 0 aliphatic rings. The Balaban J connectivity index is 2.11. The third-order valence-corrected chi connectivity index (χ3v) is 2.80. The van der Waals surface area contributed by atoms with Gasteiger partial charge in [0.25, 0.3) is 5.69 Å². The summed E-state index contributed by atoms with van der Waals surface area (Å²) in [6.07, 6.45) is 3.04. The van der Waals surface area contributed by atoms with Crippen LogP contribution in [0.3, 0.4) is 0 Å². The van der Waals surface area contributed by atoms with Crippen molar-refractivity contribution in [2.75, 3.05) is 6.61 Å². The van der Waals surface area contributed by atoms with Gasteiger partial charge in [0.15, 0.2) is 0 Å². The number of benzene rings is 1. The van der Waals surface area contributed by atoms with E-state index in [2.05, 4.69) is 10.1 Å². The molecule has 1 aromatic heterocycles. The maximum atomic E-state index is 10.9. The number of nitro groups is 1. The van der Waals surface area contributed by atoms with Crippen molar-refractivity contribution in [3.63, 3.8) is 0 Å². The minimum absolute atomic E-state index is 0.0707. The third kappa shape index (κ3) is 2.87. The molecular formula is C12H14N4O3. The van der Waals surface area contributed by atoms with Crippen LogP contribution in [-0.2, 0) is 6.54 Å². The van der Waals surface area contributed by atoms with E-state index in [1.165, 1.54) is 12.4 Å². The predicted molar refractivity (Wildman–Crippen MR) is 68.1 cm³/mol. The number of nitrogens with zero attached hydrogens (tertiary/aromatic N) is 4. The zero-order chi connectivity index (χ0) is 13.8. The molecule has 1 heterocycles. The zero-order valence-corrected chi connectivity index (χ0v) is 10.7. The topological polar surface area (TPSA) is 83.1 Å². The summed E-state index contributed by atoms with van der Waals surface area (Å²) < 4.78 is 7.28. The summed E-state index contributed by atoms with van der Waals surface area (Å²) in [7, 11) is 0. The van der Waals surface area contributed by atoms with Crippen molar-refractivity contribution in [2.45, 2.75) is 20.4 Å². The molecule has 0 saturated heterocycles. The van der Waals surface area contributed by atoms with Gasteiger partial charge < -0.3 is 4.74 Å². The van der Waals surface area contributed by atoms with Crippen LogP contribution in [0.1, 0.15) is 11.1 Å². The second-order valence-electron chi connectivity index (χ2n) is 4.12. The second kappa shape index (κ2) is 5.47. The number of aromatic nitrogens is 3. The van der Waals surface area contributed by atoms with Gasteiger partial charge in [-0.3, -0.25) is 10.1 Å².